The first-order valence-corrected chi connectivity index (χ1v) is 7.31. The molecule has 1 saturated heterocycles. The van der Waals surface area contributed by atoms with Crippen LogP contribution in [0.2, 0.25) is 5.02 Å². The smallest absolute Gasteiger partial charge is 0.251 e. The zero-order chi connectivity index (χ0) is 16.4. The van der Waals surface area contributed by atoms with E-state index in [0.29, 0.717) is 18.9 Å². The van der Waals surface area contributed by atoms with Gasteiger partial charge in [0.05, 0.1) is 43.1 Å². The third-order valence-electron chi connectivity index (χ3n) is 3.61. The zero-order valence-electron chi connectivity index (χ0n) is 11.9. The molecule has 2 atom stereocenters. The molecule has 0 radical (unpaired) electrons. The van der Waals surface area contributed by atoms with Crippen LogP contribution in [0.5, 0.6) is 0 Å². The molecule has 1 aliphatic rings. The van der Waals surface area contributed by atoms with Crippen molar-refractivity contribution in [1.82, 2.24) is 20.3 Å². The van der Waals surface area contributed by atoms with E-state index in [9.17, 15) is 9.18 Å². The monoisotopic (exact) mass is 340 g/mol. The van der Waals surface area contributed by atoms with E-state index in [2.05, 4.69) is 15.6 Å². The summed E-state index contributed by atoms with van der Waals surface area (Å²) in [6.45, 7) is 0.474. The number of aromatic nitrogens is 3. The second-order valence-electron chi connectivity index (χ2n) is 5.16. The molecule has 3 rings (SSSR count). The number of nitrogens with one attached hydrogen (secondary N) is 1. The van der Waals surface area contributed by atoms with Crippen LogP contribution in [0, 0.1) is 5.82 Å². The largest absolute Gasteiger partial charge is 0.390 e. The van der Waals surface area contributed by atoms with Crippen molar-refractivity contribution in [2.45, 2.75) is 18.7 Å². The third kappa shape index (κ3) is 3.34. The van der Waals surface area contributed by atoms with Gasteiger partial charge in [0.1, 0.15) is 11.5 Å². The molecule has 1 aromatic heterocycles. The highest BCUT2D eigenvalue weighted by Crippen LogP contribution is 2.20. The maximum Gasteiger partial charge on any atom is 0.251 e. The Balaban J connectivity index is 1.72. The van der Waals surface area contributed by atoms with Gasteiger partial charge in [-0.2, -0.15) is 0 Å². The number of carbonyl (C=O) groups is 1. The summed E-state index contributed by atoms with van der Waals surface area (Å²) in [5.41, 5.74) is 0.698. The van der Waals surface area contributed by atoms with Crippen LogP contribution in [0.25, 0.3) is 0 Å². The predicted molar refractivity (Wildman–Crippen MR) is 78.5 cm³/mol. The van der Waals surface area contributed by atoms with E-state index in [1.807, 2.05) is 0 Å². The number of amides is 1. The minimum Gasteiger partial charge on any atom is -0.390 e. The van der Waals surface area contributed by atoms with Gasteiger partial charge in [-0.1, -0.05) is 16.8 Å². The number of carbonyl (C=O) groups excluding carboxylic acids is 1. The summed E-state index contributed by atoms with van der Waals surface area (Å²) < 4.78 is 20.1. The fourth-order valence-corrected chi connectivity index (χ4v) is 2.56. The van der Waals surface area contributed by atoms with Crippen molar-refractivity contribution in [3.63, 3.8) is 0 Å². The fourth-order valence-electron chi connectivity index (χ4n) is 2.38. The second kappa shape index (κ2) is 6.61. The van der Waals surface area contributed by atoms with Crippen molar-refractivity contribution in [3.05, 3.63) is 46.5 Å². The van der Waals surface area contributed by atoms with Gasteiger partial charge in [-0.25, -0.2) is 9.07 Å². The number of halogens is 2. The lowest BCUT2D eigenvalue weighted by molar-refractivity contribution is 0.0925. The summed E-state index contributed by atoms with van der Waals surface area (Å²) in [4.78, 5) is 12.3. The minimum absolute atomic E-state index is 0.110. The van der Waals surface area contributed by atoms with Gasteiger partial charge >= 0.3 is 0 Å². The van der Waals surface area contributed by atoms with Gasteiger partial charge in [0.2, 0.25) is 0 Å². The molecule has 23 heavy (non-hydrogen) atoms. The van der Waals surface area contributed by atoms with E-state index in [1.165, 1.54) is 12.1 Å². The van der Waals surface area contributed by atoms with Crippen LogP contribution in [0.4, 0.5) is 4.39 Å². The Morgan fingerprint density at radius 2 is 2.35 bits per heavy atom. The zero-order valence-corrected chi connectivity index (χ0v) is 12.7. The quantitative estimate of drug-likeness (QED) is 0.864. The van der Waals surface area contributed by atoms with Crippen molar-refractivity contribution in [1.29, 1.82) is 0 Å². The van der Waals surface area contributed by atoms with Gasteiger partial charge in [-0.3, -0.25) is 4.79 Å². The summed E-state index contributed by atoms with van der Waals surface area (Å²) in [6, 6.07) is 3.23. The first-order chi connectivity index (χ1) is 11.1. The topological polar surface area (TPSA) is 89.3 Å². The Morgan fingerprint density at radius 3 is 3.04 bits per heavy atom. The Bertz CT molecular complexity index is 724. The number of aliphatic hydroxyl groups is 1. The molecule has 2 aromatic rings. The average Bonchev–Trinajstić information content (AvgIpc) is 3.18. The van der Waals surface area contributed by atoms with Crippen molar-refractivity contribution >= 4 is 17.5 Å². The van der Waals surface area contributed by atoms with Crippen molar-refractivity contribution in [2.75, 3.05) is 13.2 Å². The molecule has 0 aliphatic carbocycles. The lowest BCUT2D eigenvalue weighted by atomic mass is 10.1. The maximum absolute atomic E-state index is 13.2. The highest BCUT2D eigenvalue weighted by atomic mass is 35.5. The maximum atomic E-state index is 13.2. The van der Waals surface area contributed by atoms with Crippen LogP contribution in [0.3, 0.4) is 0 Å². The summed E-state index contributed by atoms with van der Waals surface area (Å²) in [5.74, 6) is -0.959. The summed E-state index contributed by atoms with van der Waals surface area (Å²) >= 11 is 5.69. The lowest BCUT2D eigenvalue weighted by Gasteiger charge is -2.19. The van der Waals surface area contributed by atoms with Gasteiger partial charge in [-0.15, -0.1) is 5.10 Å². The molecule has 2 heterocycles. The first kappa shape index (κ1) is 15.9. The fraction of sp³-hybridized carbons (Fsp3) is 0.357. The molecule has 1 aromatic carbocycles. The molecule has 7 nitrogen and oxygen atoms in total. The minimum atomic E-state index is -0.579. The van der Waals surface area contributed by atoms with E-state index in [-0.39, 0.29) is 35.2 Å². The molecule has 122 valence electrons. The highest BCUT2D eigenvalue weighted by Gasteiger charge is 2.32. The molecule has 0 bridgehead atoms. The van der Waals surface area contributed by atoms with Gasteiger partial charge < -0.3 is 15.2 Å². The highest BCUT2D eigenvalue weighted by molar-refractivity contribution is 6.31. The van der Waals surface area contributed by atoms with Crippen LogP contribution in [-0.4, -0.2) is 45.3 Å². The Kier molecular flexibility index (Phi) is 4.56. The lowest BCUT2D eigenvalue weighted by Crippen LogP contribution is -2.41. The van der Waals surface area contributed by atoms with E-state index in [1.54, 1.807) is 10.9 Å². The number of rotatable bonds is 4. The standard InChI is InChI=1S/C14H14ClFN4O3/c15-10-3-8(1-2-11(10)16)14(22)17-12-6-23-7-13(12)20-4-9(5-21)18-19-20/h1-4,12-13,21H,5-7H2,(H,17,22)/t12-,13+/m0/s1. The van der Waals surface area contributed by atoms with E-state index in [0.717, 1.165) is 6.07 Å². The molecular weight excluding hydrogens is 327 g/mol. The van der Waals surface area contributed by atoms with Gasteiger partial charge in [0, 0.05) is 5.56 Å². The summed E-state index contributed by atoms with van der Waals surface area (Å²) in [6.07, 6.45) is 1.60. The van der Waals surface area contributed by atoms with Crippen molar-refractivity contribution in [2.24, 2.45) is 0 Å². The van der Waals surface area contributed by atoms with E-state index >= 15 is 0 Å². The van der Waals surface area contributed by atoms with Gasteiger partial charge in [0.25, 0.3) is 5.91 Å². The van der Waals surface area contributed by atoms with Crippen molar-refractivity contribution in [3.8, 4) is 0 Å². The first-order valence-electron chi connectivity index (χ1n) is 6.93. The molecule has 0 saturated carbocycles. The molecular formula is C14H14ClFN4O3. The van der Waals surface area contributed by atoms with Crippen LogP contribution in [0.1, 0.15) is 22.1 Å². The van der Waals surface area contributed by atoms with Crippen LogP contribution in [-0.2, 0) is 11.3 Å². The van der Waals surface area contributed by atoms with Gasteiger partial charge in [-0.05, 0) is 18.2 Å². The molecule has 1 amide bonds. The number of aliphatic hydroxyl groups excluding tert-OH is 1. The Morgan fingerprint density at radius 1 is 1.52 bits per heavy atom. The molecule has 9 heteroatoms. The molecule has 2 N–H and O–H groups in total. The van der Waals surface area contributed by atoms with E-state index < -0.39 is 5.82 Å². The second-order valence-corrected chi connectivity index (χ2v) is 5.57. The third-order valence-corrected chi connectivity index (χ3v) is 3.90. The SMILES string of the molecule is O=C(N[C@H]1COC[C@H]1n1cc(CO)nn1)c1ccc(F)c(Cl)c1. The number of ether oxygens (including phenoxy) is 1. The number of benzene rings is 1. The molecule has 1 fully saturated rings. The van der Waals surface area contributed by atoms with Crippen LogP contribution >= 0.6 is 11.6 Å². The number of nitrogens with zero attached hydrogens (tertiary/aromatic N) is 3. The molecule has 1 aliphatic heterocycles. The molecule has 0 spiro atoms. The number of hydrogen-bond acceptors (Lipinski definition) is 5. The Labute approximate surface area is 136 Å². The summed E-state index contributed by atoms with van der Waals surface area (Å²) in [7, 11) is 0. The predicted octanol–water partition coefficient (Wildman–Crippen LogP) is 0.933. The average molecular weight is 341 g/mol. The van der Waals surface area contributed by atoms with Crippen LogP contribution < -0.4 is 5.32 Å². The number of hydrogen-bond donors (Lipinski definition) is 2. The van der Waals surface area contributed by atoms with E-state index in [4.69, 9.17) is 21.4 Å². The summed E-state index contributed by atoms with van der Waals surface area (Å²) in [5, 5.41) is 19.5. The Hall–Kier alpha value is -2.03. The molecule has 0 unspecified atom stereocenters. The van der Waals surface area contributed by atoms with Crippen LogP contribution in [0.15, 0.2) is 24.4 Å². The van der Waals surface area contributed by atoms with Gasteiger partial charge in [0.15, 0.2) is 0 Å². The van der Waals surface area contributed by atoms with Crippen molar-refractivity contribution < 1.29 is 19.0 Å². The normalized spacial score (nSPS) is 20.7.